The number of pyridine rings is 1. The average Bonchev–Trinajstić information content (AvgIpc) is 4.05. The highest BCUT2D eigenvalue weighted by Crippen LogP contribution is 2.41. The zero-order valence-corrected chi connectivity index (χ0v) is 39.4. The molecule has 2 aliphatic rings. The van der Waals surface area contributed by atoms with Crippen LogP contribution in [0, 0.1) is 17.3 Å². The van der Waals surface area contributed by atoms with Crippen LogP contribution in [0.2, 0.25) is 0 Å². The number of hydrogen-bond donors (Lipinski definition) is 2. The van der Waals surface area contributed by atoms with Crippen molar-refractivity contribution in [3.8, 4) is 22.6 Å². The number of aromatic nitrogens is 5. The monoisotopic (exact) mass is 895 g/mol. The van der Waals surface area contributed by atoms with Gasteiger partial charge in [0.05, 0.1) is 36.6 Å². The Morgan fingerprint density at radius 3 is 2.52 bits per heavy atom. The maximum atomic E-state index is 14.3. The van der Waals surface area contributed by atoms with E-state index in [0.717, 1.165) is 51.8 Å². The van der Waals surface area contributed by atoms with Crippen LogP contribution in [-0.4, -0.2) is 128 Å². The van der Waals surface area contributed by atoms with Gasteiger partial charge in [-0.15, -0.1) is 0 Å². The number of likely N-dealkylation sites (tertiary alicyclic amines) is 1. The molecule has 0 aliphatic carbocycles. The Morgan fingerprint density at radius 2 is 1.86 bits per heavy atom. The molecule has 6 rings (SSSR count). The van der Waals surface area contributed by atoms with Crippen LogP contribution in [0.4, 0.5) is 0 Å². The molecule has 0 unspecified atom stereocenters. The number of carbonyl (C=O) groups excluding carboxylic acids is 5. The molecule has 0 spiro atoms. The lowest BCUT2D eigenvalue weighted by Gasteiger charge is -2.35. The van der Waals surface area contributed by atoms with E-state index in [2.05, 4.69) is 60.9 Å². The molecule has 17 heteroatoms. The molecule has 0 radical (unpaired) electrons. The van der Waals surface area contributed by atoms with Gasteiger partial charge in [0.25, 0.3) is 5.91 Å². The largest absolute Gasteiger partial charge is 0.465 e. The first-order valence-corrected chi connectivity index (χ1v) is 22.7. The zero-order chi connectivity index (χ0) is 47.2. The number of nitrogens with zero attached hydrogens (tertiary/aromatic N) is 8. The molecule has 0 bridgehead atoms. The molecule has 5 heterocycles. The lowest BCUT2D eigenvalue weighted by atomic mass is 9.84. The van der Waals surface area contributed by atoms with E-state index in [4.69, 9.17) is 24.5 Å². The van der Waals surface area contributed by atoms with Gasteiger partial charge in [-0.25, -0.2) is 15.1 Å². The van der Waals surface area contributed by atoms with Gasteiger partial charge in [0.1, 0.15) is 18.4 Å². The number of carbonyl (C=O) groups is 5. The summed E-state index contributed by atoms with van der Waals surface area (Å²) in [6, 6.07) is 8.19. The van der Waals surface area contributed by atoms with Crippen LogP contribution in [0.3, 0.4) is 0 Å². The van der Waals surface area contributed by atoms with Crippen molar-refractivity contribution in [2.24, 2.45) is 17.3 Å². The molecule has 2 saturated heterocycles. The lowest BCUT2D eigenvalue weighted by molar-refractivity contribution is -0.146. The summed E-state index contributed by atoms with van der Waals surface area (Å²) in [7, 11) is 3.27. The summed E-state index contributed by atoms with van der Waals surface area (Å²) in [5.41, 5.74) is 8.30. The van der Waals surface area contributed by atoms with Crippen molar-refractivity contribution in [3.63, 3.8) is 0 Å². The van der Waals surface area contributed by atoms with Gasteiger partial charge in [-0.05, 0) is 87.4 Å². The van der Waals surface area contributed by atoms with Crippen molar-refractivity contribution in [3.05, 3.63) is 66.8 Å². The summed E-state index contributed by atoms with van der Waals surface area (Å²) in [6.07, 6.45) is 7.08. The van der Waals surface area contributed by atoms with Crippen LogP contribution in [0.5, 0.6) is 0 Å². The number of methoxy groups -OCH3 is 1. The Hall–Kier alpha value is -5.94. The first kappa shape index (κ1) is 48.5. The van der Waals surface area contributed by atoms with Gasteiger partial charge in [-0.2, -0.15) is 5.10 Å². The SMILES string of the molecule is C=CC(=O)N1CC[C@H](C(=O)N(C)[C@H](C(=O)N[C@@H](Cn2cnc(-c3ccc4c(c3)c(CC(C)(C)COC(C)=O)c(-c3cccnc3[C@H](C)OC)n4CC)n2)C(=O)N2CCCCN2)C(C)C)C1. The molecule has 17 nitrogen and oxygen atoms in total. The van der Waals surface area contributed by atoms with Gasteiger partial charge < -0.3 is 29.2 Å². The molecule has 350 valence electrons. The molecule has 4 aromatic rings. The average molecular weight is 895 g/mol. The lowest BCUT2D eigenvalue weighted by Crippen LogP contribution is -2.60. The third kappa shape index (κ3) is 11.0. The van der Waals surface area contributed by atoms with Crippen molar-refractivity contribution in [1.82, 2.24) is 49.9 Å². The number of aryl methyl sites for hydroxylation is 1. The minimum Gasteiger partial charge on any atom is -0.465 e. The quantitative estimate of drug-likeness (QED) is 0.102. The molecule has 4 amide bonds. The summed E-state index contributed by atoms with van der Waals surface area (Å²) in [5, 5.41) is 10.4. The molecule has 3 aromatic heterocycles. The van der Waals surface area contributed by atoms with Crippen molar-refractivity contribution < 1.29 is 33.4 Å². The topological polar surface area (TPSA) is 186 Å². The normalized spacial score (nSPS) is 16.9. The fourth-order valence-electron chi connectivity index (χ4n) is 9.11. The standard InChI is InChI=1S/C48H66N10O7/c1-11-40(60)55-23-19-34(26-55)46(62)54(9)42(30(3)4)45(61)52-38(47(63)58-22-14-13-21-51-58)27-56-29-50-44(53-56)33-17-18-39-36(24-33)37(25-48(7,8)28-65-32(6)59)43(57(39)12-2)35-16-15-20-49-41(35)31(5)64-10/h11,15-18,20,24,29-31,34,38,42,51H,1,12-14,19,21-23,25-28H2,2-10H3,(H,52,61)/t31-,34-,38-,42-/m0/s1. The molecule has 1 aromatic carbocycles. The molecule has 2 N–H and O–H groups in total. The van der Waals surface area contributed by atoms with E-state index < -0.39 is 29.3 Å². The minimum absolute atomic E-state index is 0.0187. The van der Waals surface area contributed by atoms with Crippen LogP contribution >= 0.6 is 0 Å². The predicted molar refractivity (Wildman–Crippen MR) is 247 cm³/mol. The van der Waals surface area contributed by atoms with Crippen LogP contribution in [0.15, 0.2) is 55.5 Å². The van der Waals surface area contributed by atoms with Crippen molar-refractivity contribution in [2.75, 3.05) is 46.9 Å². The van der Waals surface area contributed by atoms with E-state index in [9.17, 15) is 24.0 Å². The highest BCUT2D eigenvalue weighted by molar-refractivity contribution is 5.95. The Morgan fingerprint density at radius 1 is 1.09 bits per heavy atom. The Labute approximate surface area is 381 Å². The summed E-state index contributed by atoms with van der Waals surface area (Å²) >= 11 is 0. The maximum absolute atomic E-state index is 14.3. The van der Waals surface area contributed by atoms with Crippen molar-refractivity contribution in [2.45, 2.75) is 105 Å². The van der Waals surface area contributed by atoms with Crippen LogP contribution in [0.1, 0.15) is 85.1 Å². The van der Waals surface area contributed by atoms with E-state index in [1.807, 2.05) is 32.9 Å². The second-order valence-corrected chi connectivity index (χ2v) is 18.3. The molecular weight excluding hydrogens is 829 g/mol. The molecular formula is C48H66N10O7. The number of nitrogens with one attached hydrogen (secondary N) is 2. The third-order valence-corrected chi connectivity index (χ3v) is 12.5. The third-order valence-electron chi connectivity index (χ3n) is 12.5. The minimum atomic E-state index is -1.04. The zero-order valence-electron chi connectivity index (χ0n) is 39.4. The number of rotatable bonds is 18. The first-order valence-electron chi connectivity index (χ1n) is 22.7. The number of esters is 1. The van der Waals surface area contributed by atoms with Crippen LogP contribution in [0.25, 0.3) is 33.5 Å². The molecule has 4 atom stereocenters. The fourth-order valence-corrected chi connectivity index (χ4v) is 9.11. The maximum Gasteiger partial charge on any atom is 0.302 e. The van der Waals surface area contributed by atoms with E-state index in [1.165, 1.54) is 17.9 Å². The number of hydrogen-bond acceptors (Lipinski definition) is 11. The number of fused-ring (bicyclic) bond motifs is 1. The Balaban J connectivity index is 1.33. The number of ether oxygens (including phenoxy) is 2. The van der Waals surface area contributed by atoms with Gasteiger partial charge >= 0.3 is 5.97 Å². The van der Waals surface area contributed by atoms with Gasteiger partial charge in [0.2, 0.25) is 17.7 Å². The summed E-state index contributed by atoms with van der Waals surface area (Å²) < 4.78 is 15.2. The first-order chi connectivity index (χ1) is 31.0. The molecule has 2 aliphatic heterocycles. The predicted octanol–water partition coefficient (Wildman–Crippen LogP) is 4.95. The number of hydrazine groups is 1. The highest BCUT2D eigenvalue weighted by atomic mass is 16.5. The van der Waals surface area contributed by atoms with Crippen molar-refractivity contribution >= 4 is 40.5 Å². The second-order valence-electron chi connectivity index (χ2n) is 18.3. The molecule has 65 heavy (non-hydrogen) atoms. The van der Waals surface area contributed by atoms with Crippen molar-refractivity contribution in [1.29, 1.82) is 0 Å². The Kier molecular flexibility index (Phi) is 15.6. The van der Waals surface area contributed by atoms with E-state index >= 15 is 0 Å². The second kappa shape index (κ2) is 20.9. The van der Waals surface area contributed by atoms with E-state index in [1.54, 1.807) is 41.3 Å². The van der Waals surface area contributed by atoms with E-state index in [-0.39, 0.29) is 55.4 Å². The summed E-state index contributed by atoms with van der Waals surface area (Å²) in [6.45, 7) is 19.6. The van der Waals surface area contributed by atoms with Gasteiger partial charge in [0, 0.05) is 87.4 Å². The van der Waals surface area contributed by atoms with Crippen LogP contribution < -0.4 is 10.7 Å². The van der Waals surface area contributed by atoms with Gasteiger partial charge in [0.15, 0.2) is 5.82 Å². The highest BCUT2D eigenvalue weighted by Gasteiger charge is 2.39. The summed E-state index contributed by atoms with van der Waals surface area (Å²) in [4.78, 5) is 79.0. The van der Waals surface area contributed by atoms with Crippen LogP contribution in [-0.2, 0) is 53.0 Å². The molecule has 2 fully saturated rings. The number of likely N-dealkylation sites (N-methyl/N-ethyl adjacent to an activating group) is 1. The number of benzene rings is 1. The van der Waals surface area contributed by atoms with Gasteiger partial charge in [-0.3, -0.25) is 34.0 Å². The van der Waals surface area contributed by atoms with E-state index in [0.29, 0.717) is 44.8 Å². The Bertz CT molecular complexity index is 2380. The van der Waals surface area contributed by atoms with Gasteiger partial charge in [-0.1, -0.05) is 34.3 Å². The molecule has 0 saturated carbocycles. The number of amides is 4. The fraction of sp³-hybridized carbons (Fsp3) is 0.542. The summed E-state index contributed by atoms with van der Waals surface area (Å²) in [5.74, 6) is -1.92. The smallest absolute Gasteiger partial charge is 0.302 e.